The van der Waals surface area contributed by atoms with Crippen molar-refractivity contribution in [3.8, 4) is 0 Å². The van der Waals surface area contributed by atoms with Crippen molar-refractivity contribution in [2.75, 3.05) is 6.54 Å². The summed E-state index contributed by atoms with van der Waals surface area (Å²) in [5.41, 5.74) is 6.35. The predicted molar refractivity (Wildman–Crippen MR) is 67.1 cm³/mol. The molecule has 88 valence electrons. The number of fused-ring (bicyclic) bond motifs is 1. The van der Waals surface area contributed by atoms with Crippen LogP contribution in [0.15, 0.2) is 27.6 Å². The molecular formula is C11H14BrNO2S. The molecule has 5 heteroatoms. The van der Waals surface area contributed by atoms with Crippen molar-refractivity contribution >= 4 is 25.8 Å². The lowest BCUT2D eigenvalue weighted by Gasteiger charge is -2.07. The molecule has 0 saturated carbocycles. The van der Waals surface area contributed by atoms with Gasteiger partial charge in [-0.15, -0.1) is 0 Å². The van der Waals surface area contributed by atoms with Crippen molar-refractivity contribution in [1.29, 1.82) is 0 Å². The van der Waals surface area contributed by atoms with E-state index < -0.39 is 9.84 Å². The quantitative estimate of drug-likeness (QED) is 0.927. The molecule has 0 spiro atoms. The summed E-state index contributed by atoms with van der Waals surface area (Å²) in [6, 6.07) is 5.37. The monoisotopic (exact) mass is 303 g/mol. The third-order valence-electron chi connectivity index (χ3n) is 2.95. The molecule has 2 rings (SSSR count). The normalized spacial score (nSPS) is 22.0. The fourth-order valence-electron chi connectivity index (χ4n) is 2.12. The molecule has 1 aromatic carbocycles. The van der Waals surface area contributed by atoms with E-state index in [0.29, 0.717) is 24.3 Å². The van der Waals surface area contributed by atoms with Crippen LogP contribution in [0, 0.1) is 0 Å². The average molecular weight is 304 g/mol. The van der Waals surface area contributed by atoms with Crippen LogP contribution in [-0.2, 0) is 16.3 Å². The number of halogens is 1. The second-order valence-electron chi connectivity index (χ2n) is 4.05. The number of benzene rings is 1. The van der Waals surface area contributed by atoms with E-state index >= 15 is 0 Å². The van der Waals surface area contributed by atoms with Crippen LogP contribution in [0.25, 0.3) is 0 Å². The number of nitrogens with two attached hydrogens (primary N) is 1. The lowest BCUT2D eigenvalue weighted by Crippen LogP contribution is -2.18. The molecule has 0 radical (unpaired) electrons. The van der Waals surface area contributed by atoms with E-state index in [1.807, 2.05) is 6.07 Å². The first kappa shape index (κ1) is 12.1. The van der Waals surface area contributed by atoms with Crippen molar-refractivity contribution < 1.29 is 8.42 Å². The third kappa shape index (κ3) is 2.04. The van der Waals surface area contributed by atoms with E-state index in [1.54, 1.807) is 12.1 Å². The molecule has 2 N–H and O–H groups in total. The minimum absolute atomic E-state index is 0.277. The van der Waals surface area contributed by atoms with Crippen molar-refractivity contribution in [2.45, 2.75) is 29.4 Å². The van der Waals surface area contributed by atoms with Crippen molar-refractivity contribution in [2.24, 2.45) is 5.73 Å². The maximum Gasteiger partial charge on any atom is 0.181 e. The van der Waals surface area contributed by atoms with Crippen LogP contribution in [0.1, 0.15) is 18.4 Å². The summed E-state index contributed by atoms with van der Waals surface area (Å²) in [6.45, 7) is 0.548. The summed E-state index contributed by atoms with van der Waals surface area (Å²) in [6.07, 6.45) is 2.04. The first-order valence-corrected chi connectivity index (χ1v) is 7.62. The van der Waals surface area contributed by atoms with Crippen LogP contribution in [0.3, 0.4) is 0 Å². The van der Waals surface area contributed by atoms with Gasteiger partial charge in [0.1, 0.15) is 0 Å². The van der Waals surface area contributed by atoms with Gasteiger partial charge in [0.25, 0.3) is 0 Å². The zero-order valence-electron chi connectivity index (χ0n) is 8.82. The third-order valence-corrected chi connectivity index (χ3v) is 5.73. The van der Waals surface area contributed by atoms with Crippen LogP contribution < -0.4 is 5.73 Å². The molecule has 0 fully saturated rings. The molecular weight excluding hydrogens is 290 g/mol. The first-order valence-electron chi connectivity index (χ1n) is 5.28. The van der Waals surface area contributed by atoms with Gasteiger partial charge in [0, 0.05) is 4.47 Å². The minimum Gasteiger partial charge on any atom is -0.330 e. The summed E-state index contributed by atoms with van der Waals surface area (Å²) in [5.74, 6) is 0. The molecule has 1 aliphatic rings. The maximum absolute atomic E-state index is 12.1. The molecule has 3 nitrogen and oxygen atoms in total. The van der Waals surface area contributed by atoms with E-state index in [-0.39, 0.29) is 5.25 Å². The molecule has 0 amide bonds. The van der Waals surface area contributed by atoms with Crippen LogP contribution in [0.5, 0.6) is 0 Å². The smallest absolute Gasteiger partial charge is 0.181 e. The molecule has 1 aromatic rings. The van der Waals surface area contributed by atoms with Gasteiger partial charge < -0.3 is 5.73 Å². The van der Waals surface area contributed by atoms with Gasteiger partial charge in [-0.2, -0.15) is 0 Å². The number of sulfone groups is 1. The molecule has 1 atom stereocenters. The summed E-state index contributed by atoms with van der Waals surface area (Å²) >= 11 is 3.36. The van der Waals surface area contributed by atoms with E-state index in [1.165, 1.54) is 0 Å². The van der Waals surface area contributed by atoms with Gasteiger partial charge in [-0.3, -0.25) is 0 Å². The Morgan fingerprint density at radius 1 is 1.44 bits per heavy atom. The summed E-state index contributed by atoms with van der Waals surface area (Å²) in [4.78, 5) is 0.498. The van der Waals surface area contributed by atoms with E-state index in [9.17, 15) is 8.42 Å². The minimum atomic E-state index is -3.11. The highest BCUT2D eigenvalue weighted by Gasteiger charge is 2.36. The van der Waals surface area contributed by atoms with Gasteiger partial charge in [-0.05, 0) is 49.6 Å². The Morgan fingerprint density at radius 3 is 2.88 bits per heavy atom. The lowest BCUT2D eigenvalue weighted by molar-refractivity contribution is 0.575. The fourth-order valence-corrected chi connectivity index (χ4v) is 4.53. The molecule has 0 aliphatic carbocycles. The van der Waals surface area contributed by atoms with Crippen molar-refractivity contribution in [3.05, 3.63) is 28.2 Å². The molecule has 0 bridgehead atoms. The standard InChI is InChI=1S/C11H14BrNO2S/c12-9-3-4-11-8(6-9)7-10(2-1-5-13)16(11,14)15/h3-4,6,10H,1-2,5,7,13H2. The number of hydrogen-bond acceptors (Lipinski definition) is 3. The van der Waals surface area contributed by atoms with Crippen LogP contribution in [-0.4, -0.2) is 20.2 Å². The summed E-state index contributed by atoms with van der Waals surface area (Å²) < 4.78 is 25.2. The summed E-state index contributed by atoms with van der Waals surface area (Å²) in [7, 11) is -3.11. The predicted octanol–water partition coefficient (Wildman–Crippen LogP) is 1.89. The fraction of sp³-hybridized carbons (Fsp3) is 0.455. The number of rotatable bonds is 3. The number of hydrogen-bond donors (Lipinski definition) is 1. The second-order valence-corrected chi connectivity index (χ2v) is 7.17. The lowest BCUT2D eigenvalue weighted by atomic mass is 10.1. The molecule has 16 heavy (non-hydrogen) atoms. The van der Waals surface area contributed by atoms with E-state index in [2.05, 4.69) is 15.9 Å². The molecule has 1 unspecified atom stereocenters. The Morgan fingerprint density at radius 2 is 2.19 bits per heavy atom. The molecule has 1 aliphatic heterocycles. The second kappa shape index (κ2) is 4.47. The highest BCUT2D eigenvalue weighted by atomic mass is 79.9. The topological polar surface area (TPSA) is 60.2 Å². The molecule has 1 heterocycles. The van der Waals surface area contributed by atoms with Crippen LogP contribution >= 0.6 is 15.9 Å². The maximum atomic E-state index is 12.1. The van der Waals surface area contributed by atoms with Crippen LogP contribution in [0.2, 0.25) is 0 Å². The Kier molecular flexibility index (Phi) is 3.37. The summed E-state index contributed by atoms with van der Waals surface area (Å²) in [5, 5.41) is -0.277. The van der Waals surface area contributed by atoms with Crippen molar-refractivity contribution in [3.63, 3.8) is 0 Å². The van der Waals surface area contributed by atoms with Crippen LogP contribution in [0.4, 0.5) is 0 Å². The van der Waals surface area contributed by atoms with Crippen molar-refractivity contribution in [1.82, 2.24) is 0 Å². The van der Waals surface area contributed by atoms with Gasteiger partial charge in [0.2, 0.25) is 0 Å². The zero-order chi connectivity index (χ0) is 11.8. The van der Waals surface area contributed by atoms with Gasteiger partial charge in [-0.25, -0.2) is 8.42 Å². The van der Waals surface area contributed by atoms with Gasteiger partial charge >= 0.3 is 0 Å². The van der Waals surface area contributed by atoms with Gasteiger partial charge in [0.05, 0.1) is 10.1 Å². The molecule has 0 saturated heterocycles. The van der Waals surface area contributed by atoms with E-state index in [0.717, 1.165) is 16.5 Å². The molecule has 0 aromatic heterocycles. The zero-order valence-corrected chi connectivity index (χ0v) is 11.2. The average Bonchev–Trinajstić information content (AvgIpc) is 2.47. The highest BCUT2D eigenvalue weighted by Crippen LogP contribution is 2.34. The Bertz CT molecular complexity index is 499. The SMILES string of the molecule is NCCCC1Cc2cc(Br)ccc2S1(=O)=O. The van der Waals surface area contributed by atoms with E-state index in [4.69, 9.17) is 5.73 Å². The van der Waals surface area contributed by atoms with Gasteiger partial charge in [-0.1, -0.05) is 15.9 Å². The first-order chi connectivity index (χ1) is 7.55. The van der Waals surface area contributed by atoms with Gasteiger partial charge in [0.15, 0.2) is 9.84 Å². The largest absolute Gasteiger partial charge is 0.330 e. The highest BCUT2D eigenvalue weighted by molar-refractivity contribution is 9.10. The Labute approximate surface area is 104 Å². The Balaban J connectivity index is 2.34. The Hall–Kier alpha value is -0.390.